The van der Waals surface area contributed by atoms with Gasteiger partial charge in [0.1, 0.15) is 0 Å². The SMILES string of the molecule is CCC(=O)c1ccc[n+](COC(=O)c2ccccc2)c1.[Cl-]. The molecule has 0 bridgehead atoms. The third-order valence-corrected chi connectivity index (χ3v) is 2.86. The number of pyridine rings is 1. The number of ether oxygens (including phenoxy) is 1. The molecule has 0 aliphatic heterocycles. The molecule has 1 aromatic heterocycles. The first-order chi connectivity index (χ1) is 9.70. The summed E-state index contributed by atoms with van der Waals surface area (Å²) in [5.74, 6) is -0.320. The first kappa shape index (κ1) is 16.9. The van der Waals surface area contributed by atoms with Gasteiger partial charge in [-0.25, -0.2) is 4.79 Å². The molecule has 0 aliphatic carbocycles. The molecule has 4 nitrogen and oxygen atoms in total. The van der Waals surface area contributed by atoms with Crippen LogP contribution in [0.15, 0.2) is 54.9 Å². The van der Waals surface area contributed by atoms with Crippen LogP contribution in [0.4, 0.5) is 0 Å². The Morgan fingerprint density at radius 2 is 1.71 bits per heavy atom. The molecule has 0 aliphatic rings. The normalized spacial score (nSPS) is 9.57. The van der Waals surface area contributed by atoms with E-state index >= 15 is 0 Å². The molecule has 110 valence electrons. The van der Waals surface area contributed by atoms with Crippen molar-refractivity contribution in [2.75, 3.05) is 0 Å². The number of rotatable bonds is 5. The van der Waals surface area contributed by atoms with E-state index in [2.05, 4.69) is 0 Å². The average Bonchev–Trinajstić information content (AvgIpc) is 2.53. The van der Waals surface area contributed by atoms with E-state index in [0.29, 0.717) is 17.5 Å². The van der Waals surface area contributed by atoms with Crippen LogP contribution < -0.4 is 17.0 Å². The molecule has 1 aromatic carbocycles. The van der Waals surface area contributed by atoms with Gasteiger partial charge in [-0.15, -0.1) is 0 Å². The summed E-state index contributed by atoms with van der Waals surface area (Å²) in [6, 6.07) is 12.3. The predicted octanol–water partition coefficient (Wildman–Crippen LogP) is -0.615. The monoisotopic (exact) mass is 305 g/mol. The summed E-state index contributed by atoms with van der Waals surface area (Å²) in [5.41, 5.74) is 1.12. The zero-order valence-corrected chi connectivity index (χ0v) is 12.4. The van der Waals surface area contributed by atoms with Crippen molar-refractivity contribution >= 4 is 11.8 Å². The highest BCUT2D eigenvalue weighted by atomic mass is 35.5. The number of hydrogen-bond acceptors (Lipinski definition) is 3. The maximum atomic E-state index is 11.8. The molecule has 5 heteroatoms. The minimum absolute atomic E-state index is 0. The van der Waals surface area contributed by atoms with Gasteiger partial charge in [0.2, 0.25) is 0 Å². The number of hydrogen-bond donors (Lipinski definition) is 0. The maximum Gasteiger partial charge on any atom is 0.342 e. The molecule has 0 amide bonds. The summed E-state index contributed by atoms with van der Waals surface area (Å²) in [6.07, 6.45) is 3.89. The predicted molar refractivity (Wildman–Crippen MR) is 73.1 cm³/mol. The highest BCUT2D eigenvalue weighted by Gasteiger charge is 2.11. The first-order valence-electron chi connectivity index (χ1n) is 6.45. The van der Waals surface area contributed by atoms with Gasteiger partial charge in [-0.1, -0.05) is 25.1 Å². The Bertz CT molecular complexity index is 614. The van der Waals surface area contributed by atoms with Crippen LogP contribution in [0.5, 0.6) is 0 Å². The van der Waals surface area contributed by atoms with Gasteiger partial charge in [-0.2, -0.15) is 4.57 Å². The molecular formula is C16H16ClNO3. The second-order valence-electron chi connectivity index (χ2n) is 4.31. The highest BCUT2D eigenvalue weighted by molar-refractivity contribution is 5.95. The van der Waals surface area contributed by atoms with Crippen molar-refractivity contribution in [2.24, 2.45) is 0 Å². The first-order valence-corrected chi connectivity index (χ1v) is 6.45. The fourth-order valence-corrected chi connectivity index (χ4v) is 1.76. The number of carbonyl (C=O) groups is 2. The van der Waals surface area contributed by atoms with Crippen LogP contribution in [0.1, 0.15) is 34.1 Å². The summed E-state index contributed by atoms with van der Waals surface area (Å²) in [5, 5.41) is 0. The van der Waals surface area contributed by atoms with Crippen LogP contribution in [-0.2, 0) is 11.5 Å². The fourth-order valence-electron chi connectivity index (χ4n) is 1.76. The molecular weight excluding hydrogens is 290 g/mol. The lowest BCUT2D eigenvalue weighted by molar-refractivity contribution is -0.727. The molecule has 0 N–H and O–H groups in total. The van der Waals surface area contributed by atoms with Gasteiger partial charge < -0.3 is 17.1 Å². The van der Waals surface area contributed by atoms with Crippen LogP contribution in [0.25, 0.3) is 0 Å². The van der Waals surface area contributed by atoms with E-state index < -0.39 is 0 Å². The van der Waals surface area contributed by atoms with Gasteiger partial charge in [0.15, 0.2) is 18.2 Å². The second-order valence-corrected chi connectivity index (χ2v) is 4.31. The van der Waals surface area contributed by atoms with E-state index in [9.17, 15) is 9.59 Å². The van der Waals surface area contributed by atoms with E-state index in [1.54, 1.807) is 53.4 Å². The molecule has 0 radical (unpaired) electrons. The third-order valence-electron chi connectivity index (χ3n) is 2.86. The molecule has 0 atom stereocenters. The van der Waals surface area contributed by atoms with Crippen molar-refractivity contribution in [3.63, 3.8) is 0 Å². The smallest absolute Gasteiger partial charge is 0.342 e. The Kier molecular flexibility index (Phi) is 6.56. The average molecular weight is 306 g/mol. The van der Waals surface area contributed by atoms with E-state index in [0.717, 1.165) is 0 Å². The minimum Gasteiger partial charge on any atom is -1.00 e. The lowest BCUT2D eigenvalue weighted by Gasteiger charge is -2.02. The Labute approximate surface area is 129 Å². The van der Waals surface area contributed by atoms with Gasteiger partial charge in [0.05, 0.1) is 11.1 Å². The molecule has 0 spiro atoms. The van der Waals surface area contributed by atoms with Crippen molar-refractivity contribution < 1.29 is 31.3 Å². The Balaban J connectivity index is 0.00000220. The van der Waals surface area contributed by atoms with Crippen molar-refractivity contribution in [2.45, 2.75) is 20.1 Å². The Morgan fingerprint density at radius 1 is 1.05 bits per heavy atom. The summed E-state index contributed by atoms with van der Waals surface area (Å²) in [7, 11) is 0. The molecule has 1 heterocycles. The zero-order chi connectivity index (χ0) is 14.4. The van der Waals surface area contributed by atoms with E-state index in [1.165, 1.54) is 0 Å². The number of Topliss-reactive ketones (excluding diaryl/α,β-unsaturated/α-hetero) is 1. The topological polar surface area (TPSA) is 47.2 Å². The van der Waals surface area contributed by atoms with Gasteiger partial charge in [-0.05, 0) is 18.2 Å². The van der Waals surface area contributed by atoms with Crippen LogP contribution >= 0.6 is 0 Å². The number of aromatic nitrogens is 1. The van der Waals surface area contributed by atoms with Crippen molar-refractivity contribution in [1.29, 1.82) is 0 Å². The second kappa shape index (κ2) is 8.17. The van der Waals surface area contributed by atoms with E-state index in [-0.39, 0.29) is 30.9 Å². The number of ketones is 1. The van der Waals surface area contributed by atoms with Gasteiger partial charge >= 0.3 is 5.97 Å². The number of esters is 1. The van der Waals surface area contributed by atoms with Crippen LogP contribution in [0, 0.1) is 0 Å². The number of carbonyl (C=O) groups excluding carboxylic acids is 2. The molecule has 0 unspecified atom stereocenters. The van der Waals surface area contributed by atoms with Gasteiger partial charge in [-0.3, -0.25) is 4.79 Å². The summed E-state index contributed by atoms with van der Waals surface area (Å²) >= 11 is 0. The van der Waals surface area contributed by atoms with Crippen molar-refractivity contribution in [3.05, 3.63) is 66.0 Å². The Morgan fingerprint density at radius 3 is 2.38 bits per heavy atom. The Hall–Kier alpha value is -2.20. The highest BCUT2D eigenvalue weighted by Crippen LogP contribution is 2.02. The van der Waals surface area contributed by atoms with Gasteiger partial charge in [0.25, 0.3) is 6.73 Å². The van der Waals surface area contributed by atoms with Crippen LogP contribution in [0.2, 0.25) is 0 Å². The van der Waals surface area contributed by atoms with Crippen LogP contribution in [-0.4, -0.2) is 11.8 Å². The van der Waals surface area contributed by atoms with Crippen LogP contribution in [0.3, 0.4) is 0 Å². The molecule has 2 aromatic rings. The van der Waals surface area contributed by atoms with Gasteiger partial charge in [0, 0.05) is 12.5 Å². The minimum atomic E-state index is -0.384. The summed E-state index contributed by atoms with van der Waals surface area (Å²) < 4.78 is 6.87. The van der Waals surface area contributed by atoms with Crippen molar-refractivity contribution in [1.82, 2.24) is 0 Å². The standard InChI is InChI=1S/C16H16NO3.ClH/c1-2-15(18)14-9-6-10-17(11-14)12-20-16(19)13-7-4-3-5-8-13;/h3-11H,2,12H2,1H3;1H/q+1;/p-1. The largest absolute Gasteiger partial charge is 1.00 e. The lowest BCUT2D eigenvalue weighted by atomic mass is 10.1. The van der Waals surface area contributed by atoms with E-state index in [4.69, 9.17) is 4.74 Å². The molecule has 0 saturated carbocycles. The quantitative estimate of drug-likeness (QED) is 0.420. The maximum absolute atomic E-state index is 11.8. The zero-order valence-electron chi connectivity index (χ0n) is 11.7. The fraction of sp³-hybridized carbons (Fsp3) is 0.188. The van der Waals surface area contributed by atoms with Crippen molar-refractivity contribution in [3.8, 4) is 0 Å². The lowest BCUT2D eigenvalue weighted by Crippen LogP contribution is -3.00. The molecule has 21 heavy (non-hydrogen) atoms. The molecule has 2 rings (SSSR count). The summed E-state index contributed by atoms with van der Waals surface area (Å²) in [4.78, 5) is 23.4. The third kappa shape index (κ3) is 4.68. The number of benzene rings is 1. The molecule has 0 fully saturated rings. The molecule has 0 saturated heterocycles. The summed E-state index contributed by atoms with van der Waals surface area (Å²) in [6.45, 7) is 1.90. The number of halogens is 1. The van der Waals surface area contributed by atoms with E-state index in [1.807, 2.05) is 13.0 Å². The number of nitrogens with zero attached hydrogens (tertiary/aromatic N) is 1.